The molecule has 2 heterocycles. The minimum Gasteiger partial charge on any atom is -0.481 e. The maximum atomic E-state index is 11.7. The first-order chi connectivity index (χ1) is 14.0. The maximum Gasteiger partial charge on any atom is 0.305 e. The van der Waals surface area contributed by atoms with Gasteiger partial charge in [-0.15, -0.1) is 5.10 Å². The molecule has 9 nitrogen and oxygen atoms in total. The number of carbonyl (C=O) groups is 2. The van der Waals surface area contributed by atoms with E-state index >= 15 is 0 Å². The highest BCUT2D eigenvalue weighted by Crippen LogP contribution is 2.24. The first kappa shape index (κ1) is 20.6. The molecule has 0 saturated carbocycles. The molecular formula is C18H15ClN6O3S. The van der Waals surface area contributed by atoms with Crippen LogP contribution >= 0.6 is 23.4 Å². The molecule has 0 aliphatic carbocycles. The van der Waals surface area contributed by atoms with E-state index in [0.29, 0.717) is 29.2 Å². The van der Waals surface area contributed by atoms with E-state index in [1.807, 2.05) is 12.1 Å². The van der Waals surface area contributed by atoms with Crippen molar-refractivity contribution < 1.29 is 14.7 Å². The number of aryl methyl sites for hydroxylation is 1. The number of amidine groups is 1. The fourth-order valence-corrected chi connectivity index (χ4v) is 3.57. The number of hydrogen-bond donors (Lipinski definition) is 2. The highest BCUT2D eigenvalue weighted by atomic mass is 35.5. The van der Waals surface area contributed by atoms with Crippen LogP contribution in [0, 0.1) is 11.3 Å². The molecule has 0 spiro atoms. The van der Waals surface area contributed by atoms with Crippen LogP contribution in [-0.2, 0) is 16.1 Å². The molecule has 29 heavy (non-hydrogen) atoms. The molecule has 1 aromatic carbocycles. The molecule has 148 valence electrons. The lowest BCUT2D eigenvalue weighted by Gasteiger charge is -1.99. The van der Waals surface area contributed by atoms with Crippen molar-refractivity contribution >= 4 is 46.6 Å². The number of benzene rings is 1. The number of nitrogens with one attached hydrogen (secondary N) is 1. The third-order valence-corrected chi connectivity index (χ3v) is 5.17. The number of amides is 1. The minimum absolute atomic E-state index is 0.238. The van der Waals surface area contributed by atoms with Crippen molar-refractivity contribution in [2.24, 2.45) is 10.2 Å². The Kier molecular flexibility index (Phi) is 6.64. The molecule has 1 aliphatic rings. The summed E-state index contributed by atoms with van der Waals surface area (Å²) in [5.74, 6) is -1.46. The molecule has 0 unspecified atom stereocenters. The molecule has 0 radical (unpaired) electrons. The zero-order valence-corrected chi connectivity index (χ0v) is 16.5. The minimum atomic E-state index is -1.06. The van der Waals surface area contributed by atoms with E-state index in [0.717, 1.165) is 17.3 Å². The van der Waals surface area contributed by atoms with Crippen molar-refractivity contribution in [1.29, 1.82) is 5.26 Å². The van der Waals surface area contributed by atoms with Crippen molar-refractivity contribution in [3.05, 3.63) is 41.0 Å². The first-order valence-corrected chi connectivity index (χ1v) is 9.72. The van der Waals surface area contributed by atoms with Gasteiger partial charge >= 0.3 is 5.97 Å². The SMILES string of the molecule is N#CCCn1cc(/C=N\N=C2\NC(=O)[C@@H](CC(=O)O)S2)c(-c2ccc(Cl)cc2)n1. The monoisotopic (exact) mass is 430 g/mol. The summed E-state index contributed by atoms with van der Waals surface area (Å²) < 4.78 is 1.65. The van der Waals surface area contributed by atoms with Crippen LogP contribution in [0.1, 0.15) is 18.4 Å². The number of carboxylic acid groups (broad SMARTS) is 1. The zero-order chi connectivity index (χ0) is 20.8. The Labute approximate surface area is 175 Å². The highest BCUT2D eigenvalue weighted by molar-refractivity contribution is 8.15. The largest absolute Gasteiger partial charge is 0.481 e. The number of aliphatic carboxylic acids is 1. The van der Waals surface area contributed by atoms with Crippen molar-refractivity contribution in [3.8, 4) is 17.3 Å². The van der Waals surface area contributed by atoms with Crippen molar-refractivity contribution in [2.75, 3.05) is 0 Å². The molecule has 0 bridgehead atoms. The lowest BCUT2D eigenvalue weighted by molar-refractivity contribution is -0.138. The number of nitriles is 1. The van der Waals surface area contributed by atoms with Gasteiger partial charge in [0.05, 0.1) is 31.7 Å². The van der Waals surface area contributed by atoms with Gasteiger partial charge in [0.1, 0.15) is 10.9 Å². The number of thioether (sulfide) groups is 1. The van der Waals surface area contributed by atoms with Gasteiger partial charge in [0.2, 0.25) is 5.91 Å². The summed E-state index contributed by atoms with van der Waals surface area (Å²) in [6.45, 7) is 0.433. The van der Waals surface area contributed by atoms with E-state index < -0.39 is 17.1 Å². The Balaban J connectivity index is 1.81. The van der Waals surface area contributed by atoms with Gasteiger partial charge in [0.15, 0.2) is 5.17 Å². The van der Waals surface area contributed by atoms with E-state index in [1.54, 1.807) is 23.0 Å². The number of carboxylic acids is 1. The van der Waals surface area contributed by atoms with Crippen LogP contribution < -0.4 is 5.32 Å². The smallest absolute Gasteiger partial charge is 0.305 e. The summed E-state index contributed by atoms with van der Waals surface area (Å²) >= 11 is 6.97. The Morgan fingerprint density at radius 2 is 2.21 bits per heavy atom. The Bertz CT molecular complexity index is 1030. The van der Waals surface area contributed by atoms with Crippen LogP contribution in [0.5, 0.6) is 0 Å². The third-order valence-electron chi connectivity index (χ3n) is 3.84. The molecule has 3 rings (SSSR count). The summed E-state index contributed by atoms with van der Waals surface area (Å²) in [4.78, 5) is 22.5. The predicted molar refractivity (Wildman–Crippen MR) is 110 cm³/mol. The van der Waals surface area contributed by atoms with Crippen LogP contribution in [0.15, 0.2) is 40.7 Å². The lowest BCUT2D eigenvalue weighted by Crippen LogP contribution is -2.26. The summed E-state index contributed by atoms with van der Waals surface area (Å²) in [7, 11) is 0. The Hall–Kier alpha value is -3.16. The van der Waals surface area contributed by atoms with Gasteiger partial charge in [0.25, 0.3) is 0 Å². The van der Waals surface area contributed by atoms with Crippen molar-refractivity contribution in [3.63, 3.8) is 0 Å². The molecule has 1 amide bonds. The summed E-state index contributed by atoms with van der Waals surface area (Å²) in [5, 5.41) is 32.7. The molecule has 1 aromatic heterocycles. The van der Waals surface area contributed by atoms with Crippen molar-refractivity contribution in [1.82, 2.24) is 15.1 Å². The second-order valence-corrected chi connectivity index (χ2v) is 7.58. The first-order valence-electron chi connectivity index (χ1n) is 8.47. The van der Waals surface area contributed by atoms with Gasteiger partial charge in [-0.2, -0.15) is 15.5 Å². The molecule has 2 aromatic rings. The van der Waals surface area contributed by atoms with Crippen molar-refractivity contribution in [2.45, 2.75) is 24.6 Å². The normalized spacial score (nSPS) is 17.6. The number of nitrogens with zero attached hydrogens (tertiary/aromatic N) is 5. The number of hydrogen-bond acceptors (Lipinski definition) is 7. The fourth-order valence-electron chi connectivity index (χ4n) is 2.53. The van der Waals surface area contributed by atoms with E-state index in [4.69, 9.17) is 22.0 Å². The van der Waals surface area contributed by atoms with Gasteiger partial charge in [-0.25, -0.2) is 0 Å². The van der Waals surface area contributed by atoms with E-state index in [9.17, 15) is 9.59 Å². The van der Waals surface area contributed by atoms with Gasteiger partial charge in [-0.3, -0.25) is 14.3 Å². The maximum absolute atomic E-state index is 11.7. The summed E-state index contributed by atoms with van der Waals surface area (Å²) in [5.41, 5.74) is 2.14. The molecular weight excluding hydrogens is 416 g/mol. The number of aromatic nitrogens is 2. The molecule has 11 heteroatoms. The van der Waals surface area contributed by atoms with Gasteiger partial charge in [0, 0.05) is 22.3 Å². The Morgan fingerprint density at radius 1 is 1.45 bits per heavy atom. The highest BCUT2D eigenvalue weighted by Gasteiger charge is 2.32. The van der Waals surface area contributed by atoms with Gasteiger partial charge in [-0.05, 0) is 12.1 Å². The lowest BCUT2D eigenvalue weighted by atomic mass is 10.1. The van der Waals surface area contributed by atoms with E-state index in [-0.39, 0.29) is 11.6 Å². The third kappa shape index (κ3) is 5.43. The van der Waals surface area contributed by atoms with Gasteiger partial charge < -0.3 is 10.4 Å². The summed E-state index contributed by atoms with van der Waals surface area (Å²) in [6.07, 6.45) is 3.27. The van der Waals surface area contributed by atoms with E-state index in [2.05, 4.69) is 26.7 Å². The molecule has 2 N–H and O–H groups in total. The molecule has 1 atom stereocenters. The average molecular weight is 431 g/mol. The van der Waals surface area contributed by atoms with Crippen LogP contribution in [0.4, 0.5) is 0 Å². The van der Waals surface area contributed by atoms with Crippen LogP contribution in [0.3, 0.4) is 0 Å². The number of rotatable bonds is 7. The number of halogens is 1. The second kappa shape index (κ2) is 9.36. The van der Waals surface area contributed by atoms with Crippen LogP contribution in [0.2, 0.25) is 5.02 Å². The standard InChI is InChI=1S/C18H15ClN6O3S/c19-13-4-2-11(3-5-13)16-12(10-25(24-16)7-1-6-20)9-21-23-18-22-17(28)14(29-18)8-15(26)27/h2-5,9-10,14H,1,7-8H2,(H,26,27)(H,22,23,28)/b21-9-/t14-/m1/s1. The Morgan fingerprint density at radius 3 is 2.90 bits per heavy atom. The molecule has 1 aliphatic heterocycles. The topological polar surface area (TPSA) is 133 Å². The van der Waals surface area contributed by atoms with Crippen LogP contribution in [0.25, 0.3) is 11.3 Å². The average Bonchev–Trinajstić information content (AvgIpc) is 3.24. The van der Waals surface area contributed by atoms with Crippen LogP contribution in [-0.4, -0.2) is 43.4 Å². The second-order valence-electron chi connectivity index (χ2n) is 5.95. The predicted octanol–water partition coefficient (Wildman–Crippen LogP) is 2.51. The quantitative estimate of drug-likeness (QED) is 0.512. The summed E-state index contributed by atoms with van der Waals surface area (Å²) in [6, 6.07) is 9.23. The fraction of sp³-hybridized carbons (Fsp3) is 0.222. The molecule has 1 fully saturated rings. The number of carbonyl (C=O) groups excluding carboxylic acids is 1. The van der Waals surface area contributed by atoms with Gasteiger partial charge in [-0.1, -0.05) is 35.5 Å². The molecule has 1 saturated heterocycles. The van der Waals surface area contributed by atoms with E-state index in [1.165, 1.54) is 6.21 Å². The zero-order valence-electron chi connectivity index (χ0n) is 14.9.